The average Bonchev–Trinajstić information content (AvgIpc) is 2.37. The maximum Gasteiger partial charge on any atom is 0.248 e. The van der Waals surface area contributed by atoms with Crippen LogP contribution in [0.1, 0.15) is 24.2 Å². The second-order valence-corrected chi connectivity index (χ2v) is 4.42. The fourth-order valence-corrected chi connectivity index (χ4v) is 1.44. The number of hydrogen-bond donors (Lipinski definition) is 3. The highest BCUT2D eigenvalue weighted by Gasteiger charge is 2.19. The highest BCUT2D eigenvalue weighted by atomic mass is 16.5. The molecule has 2 unspecified atom stereocenters. The summed E-state index contributed by atoms with van der Waals surface area (Å²) in [5.74, 6) is -0.717. The fourth-order valence-electron chi connectivity index (χ4n) is 1.44. The van der Waals surface area contributed by atoms with Crippen molar-refractivity contribution in [2.45, 2.75) is 19.9 Å². The molecule has 5 N–H and O–H groups in total. The van der Waals surface area contributed by atoms with Gasteiger partial charge in [0.25, 0.3) is 0 Å². The summed E-state index contributed by atoms with van der Waals surface area (Å²) in [7, 11) is 1.48. The molecule has 0 radical (unpaired) electrons. The van der Waals surface area contributed by atoms with Crippen LogP contribution in [-0.4, -0.2) is 25.0 Å². The van der Waals surface area contributed by atoms with Gasteiger partial charge >= 0.3 is 0 Å². The quantitative estimate of drug-likeness (QED) is 0.728. The van der Waals surface area contributed by atoms with Crippen LogP contribution in [0.15, 0.2) is 18.2 Å². The lowest BCUT2D eigenvalue weighted by molar-refractivity contribution is -0.119. The molecule has 0 bridgehead atoms. The lowest BCUT2D eigenvalue weighted by Gasteiger charge is -2.17. The van der Waals surface area contributed by atoms with Crippen LogP contribution < -0.4 is 21.5 Å². The van der Waals surface area contributed by atoms with Crippen molar-refractivity contribution in [3.8, 4) is 5.75 Å². The lowest BCUT2D eigenvalue weighted by Crippen LogP contribution is -2.34. The van der Waals surface area contributed by atoms with Crippen molar-refractivity contribution in [3.05, 3.63) is 23.8 Å². The summed E-state index contributed by atoms with van der Waals surface area (Å²) in [4.78, 5) is 23.1. The SMILES string of the molecule is COc1ccc(C(N)=O)cc1NC(=O)C(C)C(C)N. The number of nitrogens with two attached hydrogens (primary N) is 2. The molecule has 0 saturated carbocycles. The van der Waals surface area contributed by atoms with Gasteiger partial charge < -0.3 is 21.5 Å². The van der Waals surface area contributed by atoms with Crippen molar-refractivity contribution in [2.24, 2.45) is 17.4 Å². The maximum absolute atomic E-state index is 11.9. The number of rotatable bonds is 5. The predicted molar refractivity (Wildman–Crippen MR) is 73.0 cm³/mol. The minimum atomic E-state index is -0.571. The van der Waals surface area contributed by atoms with Crippen LogP contribution in [-0.2, 0) is 4.79 Å². The normalized spacial score (nSPS) is 13.5. The third kappa shape index (κ3) is 3.69. The van der Waals surface area contributed by atoms with E-state index < -0.39 is 5.91 Å². The molecule has 0 heterocycles. The van der Waals surface area contributed by atoms with E-state index in [-0.39, 0.29) is 17.9 Å². The van der Waals surface area contributed by atoms with Gasteiger partial charge in [0, 0.05) is 11.6 Å². The summed E-state index contributed by atoms with van der Waals surface area (Å²) in [6.45, 7) is 3.48. The smallest absolute Gasteiger partial charge is 0.248 e. The Labute approximate surface area is 112 Å². The number of hydrogen-bond acceptors (Lipinski definition) is 4. The topological polar surface area (TPSA) is 107 Å². The zero-order valence-electron chi connectivity index (χ0n) is 11.3. The second-order valence-electron chi connectivity index (χ2n) is 4.42. The van der Waals surface area contributed by atoms with E-state index in [4.69, 9.17) is 16.2 Å². The van der Waals surface area contributed by atoms with Crippen molar-refractivity contribution in [1.29, 1.82) is 0 Å². The summed E-state index contributed by atoms with van der Waals surface area (Å²) in [6, 6.07) is 4.32. The first-order chi connectivity index (χ1) is 8.86. The predicted octanol–water partition coefficient (Wildman–Crippen LogP) is 0.716. The molecule has 2 atom stereocenters. The van der Waals surface area contributed by atoms with Gasteiger partial charge in [0.1, 0.15) is 5.75 Å². The Kier molecular flexibility index (Phi) is 4.88. The van der Waals surface area contributed by atoms with E-state index in [0.29, 0.717) is 17.0 Å². The molecule has 104 valence electrons. The molecular formula is C13H19N3O3. The zero-order valence-corrected chi connectivity index (χ0v) is 11.3. The molecule has 1 rings (SSSR count). The van der Waals surface area contributed by atoms with Gasteiger partial charge in [-0.25, -0.2) is 0 Å². The second kappa shape index (κ2) is 6.19. The molecule has 1 aromatic rings. The third-order valence-electron chi connectivity index (χ3n) is 2.94. The number of methoxy groups -OCH3 is 1. The summed E-state index contributed by atoms with van der Waals surface area (Å²) in [6.07, 6.45) is 0. The standard InChI is InChI=1S/C13H19N3O3/c1-7(8(2)14)13(18)16-10-6-9(12(15)17)4-5-11(10)19-3/h4-8H,14H2,1-3H3,(H2,15,17)(H,16,18). The van der Waals surface area contributed by atoms with Crippen LogP contribution in [0.5, 0.6) is 5.75 Å². The van der Waals surface area contributed by atoms with Gasteiger partial charge in [-0.1, -0.05) is 6.92 Å². The average molecular weight is 265 g/mol. The van der Waals surface area contributed by atoms with Gasteiger partial charge in [-0.15, -0.1) is 0 Å². The summed E-state index contributed by atoms with van der Waals surface area (Å²) in [5.41, 5.74) is 11.6. The summed E-state index contributed by atoms with van der Waals surface area (Å²) in [5, 5.41) is 2.69. The van der Waals surface area contributed by atoms with Crippen molar-refractivity contribution in [2.75, 3.05) is 12.4 Å². The molecule has 6 heteroatoms. The van der Waals surface area contributed by atoms with Gasteiger partial charge in [-0.3, -0.25) is 9.59 Å². The molecule has 0 aromatic heterocycles. The molecule has 6 nitrogen and oxygen atoms in total. The van der Waals surface area contributed by atoms with Crippen molar-refractivity contribution < 1.29 is 14.3 Å². The Hall–Kier alpha value is -2.08. The first-order valence-corrected chi connectivity index (χ1v) is 5.91. The number of anilines is 1. The van der Waals surface area contributed by atoms with Crippen molar-refractivity contribution >= 4 is 17.5 Å². The zero-order chi connectivity index (χ0) is 14.6. The Morgan fingerprint density at radius 1 is 1.32 bits per heavy atom. The summed E-state index contributed by atoms with van der Waals surface area (Å²) < 4.78 is 5.12. The molecule has 2 amide bonds. The fraction of sp³-hybridized carbons (Fsp3) is 0.385. The molecule has 0 aliphatic rings. The van der Waals surface area contributed by atoms with Crippen molar-refractivity contribution in [1.82, 2.24) is 0 Å². The molecule has 1 aromatic carbocycles. The molecule has 0 spiro atoms. The molecular weight excluding hydrogens is 246 g/mol. The monoisotopic (exact) mass is 265 g/mol. The Bertz CT molecular complexity index is 486. The van der Waals surface area contributed by atoms with E-state index in [0.717, 1.165) is 0 Å². The first-order valence-electron chi connectivity index (χ1n) is 5.91. The summed E-state index contributed by atoms with van der Waals surface area (Å²) >= 11 is 0. The van der Waals surface area contributed by atoms with Crippen LogP contribution in [0, 0.1) is 5.92 Å². The Balaban J connectivity index is 3.01. The number of carbonyl (C=O) groups excluding carboxylic acids is 2. The lowest BCUT2D eigenvalue weighted by atomic mass is 10.0. The van der Waals surface area contributed by atoms with Crippen LogP contribution >= 0.6 is 0 Å². The van der Waals surface area contributed by atoms with E-state index >= 15 is 0 Å². The van der Waals surface area contributed by atoms with Crippen molar-refractivity contribution in [3.63, 3.8) is 0 Å². The van der Waals surface area contributed by atoms with Gasteiger partial charge in [0.2, 0.25) is 11.8 Å². The molecule has 19 heavy (non-hydrogen) atoms. The number of primary amides is 1. The number of carbonyl (C=O) groups is 2. The highest BCUT2D eigenvalue weighted by molar-refractivity contribution is 5.98. The largest absolute Gasteiger partial charge is 0.495 e. The van der Waals surface area contributed by atoms with Gasteiger partial charge in [-0.05, 0) is 25.1 Å². The number of amides is 2. The van der Waals surface area contributed by atoms with E-state index in [9.17, 15) is 9.59 Å². The van der Waals surface area contributed by atoms with Crippen LogP contribution in [0.3, 0.4) is 0 Å². The Morgan fingerprint density at radius 3 is 2.42 bits per heavy atom. The molecule has 0 aliphatic heterocycles. The number of benzene rings is 1. The molecule has 0 fully saturated rings. The third-order valence-corrected chi connectivity index (χ3v) is 2.94. The molecule has 0 saturated heterocycles. The first kappa shape index (κ1) is 15.0. The number of nitrogens with one attached hydrogen (secondary N) is 1. The van der Waals surface area contributed by atoms with E-state index in [1.165, 1.54) is 19.2 Å². The highest BCUT2D eigenvalue weighted by Crippen LogP contribution is 2.26. The van der Waals surface area contributed by atoms with E-state index in [1.54, 1.807) is 19.9 Å². The minimum Gasteiger partial charge on any atom is -0.495 e. The van der Waals surface area contributed by atoms with Crippen LogP contribution in [0.2, 0.25) is 0 Å². The Morgan fingerprint density at radius 2 is 1.95 bits per heavy atom. The number of ether oxygens (including phenoxy) is 1. The van der Waals surface area contributed by atoms with Gasteiger partial charge in [0.05, 0.1) is 18.7 Å². The van der Waals surface area contributed by atoms with E-state index in [1.807, 2.05) is 0 Å². The molecule has 0 aliphatic carbocycles. The van der Waals surface area contributed by atoms with Crippen LogP contribution in [0.25, 0.3) is 0 Å². The van der Waals surface area contributed by atoms with Crippen LogP contribution in [0.4, 0.5) is 5.69 Å². The minimum absolute atomic E-state index is 0.241. The van der Waals surface area contributed by atoms with Gasteiger partial charge in [-0.2, -0.15) is 0 Å². The van der Waals surface area contributed by atoms with E-state index in [2.05, 4.69) is 5.32 Å². The van der Waals surface area contributed by atoms with Gasteiger partial charge in [0.15, 0.2) is 0 Å². The maximum atomic E-state index is 11.9.